The quantitative estimate of drug-likeness (QED) is 0.801. The van der Waals surface area contributed by atoms with E-state index in [1.54, 1.807) is 24.3 Å². The predicted molar refractivity (Wildman–Crippen MR) is 96.7 cm³/mol. The Bertz CT molecular complexity index is 762. The lowest BCUT2D eigenvalue weighted by Gasteiger charge is -2.30. The number of aliphatic carboxylic acids is 1. The molecule has 3 rings (SSSR count). The standard InChI is InChI=1S/C20H21NO6/c22-19(21-10-11-25-18(12-21)20(23)24)14-27-17-8-6-16(7-9-17)26-13-15-4-2-1-3-5-15/h1-9,18H,10-14H2,(H,23,24). The largest absolute Gasteiger partial charge is 0.489 e. The maximum absolute atomic E-state index is 12.2. The molecular formula is C20H21NO6. The number of carbonyl (C=O) groups is 2. The summed E-state index contributed by atoms with van der Waals surface area (Å²) in [6, 6.07) is 16.9. The highest BCUT2D eigenvalue weighted by molar-refractivity contribution is 5.79. The van der Waals surface area contributed by atoms with E-state index in [9.17, 15) is 9.59 Å². The molecule has 7 nitrogen and oxygen atoms in total. The molecule has 27 heavy (non-hydrogen) atoms. The molecule has 1 aliphatic rings. The van der Waals surface area contributed by atoms with E-state index in [0.717, 1.165) is 5.56 Å². The number of morpholine rings is 1. The lowest BCUT2D eigenvalue weighted by Crippen LogP contribution is -2.49. The van der Waals surface area contributed by atoms with Crippen molar-refractivity contribution in [3.63, 3.8) is 0 Å². The summed E-state index contributed by atoms with van der Waals surface area (Å²) >= 11 is 0. The number of hydrogen-bond donors (Lipinski definition) is 1. The van der Waals surface area contributed by atoms with Gasteiger partial charge in [-0.1, -0.05) is 30.3 Å². The number of ether oxygens (including phenoxy) is 3. The van der Waals surface area contributed by atoms with Gasteiger partial charge >= 0.3 is 5.97 Å². The molecule has 1 N–H and O–H groups in total. The molecule has 0 saturated carbocycles. The third kappa shape index (κ3) is 5.46. The van der Waals surface area contributed by atoms with Crippen LogP contribution in [0.1, 0.15) is 5.56 Å². The van der Waals surface area contributed by atoms with Gasteiger partial charge in [0.25, 0.3) is 5.91 Å². The minimum absolute atomic E-state index is 0.0315. The Morgan fingerprint density at radius 3 is 2.37 bits per heavy atom. The second-order valence-corrected chi connectivity index (χ2v) is 6.07. The molecule has 0 radical (unpaired) electrons. The molecular weight excluding hydrogens is 350 g/mol. The molecule has 1 heterocycles. The van der Waals surface area contributed by atoms with Gasteiger partial charge in [-0.2, -0.15) is 0 Å². The average molecular weight is 371 g/mol. The normalized spacial score (nSPS) is 16.6. The van der Waals surface area contributed by atoms with Crippen LogP contribution in [0.15, 0.2) is 54.6 Å². The number of amides is 1. The summed E-state index contributed by atoms with van der Waals surface area (Å²) in [6.45, 7) is 0.913. The van der Waals surface area contributed by atoms with Crippen molar-refractivity contribution in [3.8, 4) is 11.5 Å². The van der Waals surface area contributed by atoms with Crippen LogP contribution in [0.5, 0.6) is 11.5 Å². The van der Waals surface area contributed by atoms with Crippen LogP contribution in [0.4, 0.5) is 0 Å². The van der Waals surface area contributed by atoms with E-state index < -0.39 is 12.1 Å². The molecule has 1 aliphatic heterocycles. The molecule has 1 saturated heterocycles. The monoisotopic (exact) mass is 371 g/mol. The molecule has 1 amide bonds. The summed E-state index contributed by atoms with van der Waals surface area (Å²) in [5, 5.41) is 8.98. The zero-order valence-electron chi connectivity index (χ0n) is 14.7. The van der Waals surface area contributed by atoms with E-state index >= 15 is 0 Å². The highest BCUT2D eigenvalue weighted by atomic mass is 16.5. The summed E-state index contributed by atoms with van der Waals surface area (Å²) < 4.78 is 16.3. The van der Waals surface area contributed by atoms with Crippen LogP contribution in [-0.2, 0) is 20.9 Å². The summed E-state index contributed by atoms with van der Waals surface area (Å²) in [7, 11) is 0. The first-order valence-electron chi connectivity index (χ1n) is 8.63. The van der Waals surface area contributed by atoms with Gasteiger partial charge in [0.05, 0.1) is 13.2 Å². The number of carboxylic acids is 1. The lowest BCUT2D eigenvalue weighted by molar-refractivity contribution is -0.159. The second-order valence-electron chi connectivity index (χ2n) is 6.07. The van der Waals surface area contributed by atoms with Gasteiger partial charge in [0.2, 0.25) is 0 Å². The Labute approximate surface area is 157 Å². The molecule has 142 valence electrons. The number of hydrogen-bond acceptors (Lipinski definition) is 5. The van der Waals surface area contributed by atoms with Crippen molar-refractivity contribution in [1.82, 2.24) is 4.90 Å². The smallest absolute Gasteiger partial charge is 0.334 e. The van der Waals surface area contributed by atoms with Gasteiger partial charge in [-0.3, -0.25) is 4.79 Å². The van der Waals surface area contributed by atoms with E-state index in [-0.39, 0.29) is 25.7 Å². The van der Waals surface area contributed by atoms with Crippen LogP contribution in [0.25, 0.3) is 0 Å². The summed E-state index contributed by atoms with van der Waals surface area (Å²) in [5.41, 5.74) is 1.08. The minimum atomic E-state index is -1.07. The maximum Gasteiger partial charge on any atom is 0.334 e. The van der Waals surface area contributed by atoms with E-state index in [4.69, 9.17) is 19.3 Å². The first-order chi connectivity index (χ1) is 13.1. The second kappa shape index (κ2) is 9.05. The SMILES string of the molecule is O=C(O)C1CN(C(=O)COc2ccc(OCc3ccccc3)cc2)CCO1. The van der Waals surface area contributed by atoms with E-state index in [1.165, 1.54) is 4.90 Å². The van der Waals surface area contributed by atoms with Crippen LogP contribution in [0, 0.1) is 0 Å². The molecule has 2 aromatic rings. The van der Waals surface area contributed by atoms with Gasteiger partial charge < -0.3 is 24.2 Å². The fraction of sp³-hybridized carbons (Fsp3) is 0.300. The van der Waals surface area contributed by atoms with Crippen molar-refractivity contribution < 1.29 is 28.9 Å². The first-order valence-corrected chi connectivity index (χ1v) is 8.63. The maximum atomic E-state index is 12.2. The molecule has 1 fully saturated rings. The van der Waals surface area contributed by atoms with Crippen molar-refractivity contribution in [2.45, 2.75) is 12.7 Å². The van der Waals surface area contributed by atoms with Crippen LogP contribution >= 0.6 is 0 Å². The number of carbonyl (C=O) groups excluding carboxylic acids is 1. The molecule has 7 heteroatoms. The van der Waals surface area contributed by atoms with E-state index in [0.29, 0.717) is 24.7 Å². The Morgan fingerprint density at radius 2 is 1.70 bits per heavy atom. The zero-order valence-corrected chi connectivity index (χ0v) is 14.7. The van der Waals surface area contributed by atoms with Gasteiger partial charge in [0, 0.05) is 6.54 Å². The summed E-state index contributed by atoms with van der Waals surface area (Å²) in [4.78, 5) is 24.6. The van der Waals surface area contributed by atoms with E-state index in [1.807, 2.05) is 30.3 Å². The Morgan fingerprint density at radius 1 is 1.04 bits per heavy atom. The highest BCUT2D eigenvalue weighted by Crippen LogP contribution is 2.19. The fourth-order valence-electron chi connectivity index (χ4n) is 2.63. The van der Waals surface area contributed by atoms with Gasteiger partial charge in [-0.15, -0.1) is 0 Å². The summed E-state index contributed by atoms with van der Waals surface area (Å²) in [5.74, 6) is -0.0954. The zero-order chi connectivity index (χ0) is 19.1. The third-order valence-corrected chi connectivity index (χ3v) is 4.13. The summed E-state index contributed by atoms with van der Waals surface area (Å²) in [6.07, 6.45) is -0.983. The molecule has 1 unspecified atom stereocenters. The number of rotatable bonds is 7. The highest BCUT2D eigenvalue weighted by Gasteiger charge is 2.29. The molecule has 0 bridgehead atoms. The number of nitrogens with zero attached hydrogens (tertiary/aromatic N) is 1. The third-order valence-electron chi connectivity index (χ3n) is 4.13. The van der Waals surface area contributed by atoms with Crippen molar-refractivity contribution in [1.29, 1.82) is 0 Å². The minimum Gasteiger partial charge on any atom is -0.489 e. The van der Waals surface area contributed by atoms with Crippen LogP contribution in [0.3, 0.4) is 0 Å². The lowest BCUT2D eigenvalue weighted by atomic mass is 10.2. The van der Waals surface area contributed by atoms with Crippen LogP contribution in [-0.4, -0.2) is 54.3 Å². The van der Waals surface area contributed by atoms with E-state index in [2.05, 4.69) is 0 Å². The Hall–Kier alpha value is -3.06. The molecule has 0 aromatic heterocycles. The van der Waals surface area contributed by atoms with Gasteiger partial charge in [0.1, 0.15) is 18.1 Å². The Balaban J connectivity index is 1.45. The van der Waals surface area contributed by atoms with Gasteiger partial charge in [-0.25, -0.2) is 4.79 Å². The Kier molecular flexibility index (Phi) is 6.27. The van der Waals surface area contributed by atoms with Crippen LogP contribution < -0.4 is 9.47 Å². The molecule has 0 aliphatic carbocycles. The van der Waals surface area contributed by atoms with Gasteiger partial charge in [0.15, 0.2) is 12.7 Å². The first kappa shape index (κ1) is 18.7. The fourth-order valence-corrected chi connectivity index (χ4v) is 2.63. The molecule has 2 aromatic carbocycles. The van der Waals surface area contributed by atoms with Crippen LogP contribution in [0.2, 0.25) is 0 Å². The van der Waals surface area contributed by atoms with Crippen molar-refractivity contribution >= 4 is 11.9 Å². The van der Waals surface area contributed by atoms with Crippen molar-refractivity contribution in [2.75, 3.05) is 26.3 Å². The molecule has 1 atom stereocenters. The number of carboxylic acid groups (broad SMARTS) is 1. The van der Waals surface area contributed by atoms with Gasteiger partial charge in [-0.05, 0) is 29.8 Å². The number of benzene rings is 2. The van der Waals surface area contributed by atoms with Crippen molar-refractivity contribution in [2.24, 2.45) is 0 Å². The topological polar surface area (TPSA) is 85.3 Å². The molecule has 0 spiro atoms. The van der Waals surface area contributed by atoms with Crippen molar-refractivity contribution in [3.05, 3.63) is 60.2 Å². The predicted octanol–water partition coefficient (Wildman–Crippen LogP) is 1.96. The average Bonchev–Trinajstić information content (AvgIpc) is 2.72.